The van der Waals surface area contributed by atoms with E-state index in [-0.39, 0.29) is 23.1 Å². The molecule has 5 heteroatoms. The fourth-order valence-corrected chi connectivity index (χ4v) is 14.6. The lowest BCUT2D eigenvalue weighted by atomic mass is 9.45. The number of hydrogen-bond donors (Lipinski definition) is 0. The minimum Gasteiger partial charge on any atom is -0.466 e. The molecule has 3 nitrogen and oxygen atoms in total. The van der Waals surface area contributed by atoms with E-state index in [2.05, 4.69) is 264 Å². The Morgan fingerprint density at radius 3 is 1.77 bits per heavy atom. The van der Waals surface area contributed by atoms with E-state index in [9.17, 15) is 0 Å². The lowest BCUT2D eigenvalue weighted by Gasteiger charge is -2.44. The van der Waals surface area contributed by atoms with Crippen LogP contribution in [0.1, 0.15) is 78.0 Å². The van der Waals surface area contributed by atoms with Crippen LogP contribution in [0.15, 0.2) is 211 Å². The molecule has 2 aromatic heterocycles. The Kier molecular flexibility index (Phi) is 10.0. The van der Waals surface area contributed by atoms with Gasteiger partial charge in [-0.15, -0.1) is 11.3 Å². The van der Waals surface area contributed by atoms with E-state index >= 15 is 0 Å². The van der Waals surface area contributed by atoms with Crippen LogP contribution in [0.5, 0.6) is 0 Å². The van der Waals surface area contributed by atoms with Gasteiger partial charge in [-0.3, -0.25) is 0 Å². The number of nitrogens with zero attached hydrogens (tertiary/aromatic N) is 2. The van der Waals surface area contributed by atoms with Crippen LogP contribution in [0.2, 0.25) is 0 Å². The SMILES string of the molecule is CC(C)(C)c1ccc(N2c3cc(-c4ccccc4)cc4c3B(c3oc5cc6c(cc5c32)C(C)(C)CCC6(C)C)N(c2ccc(-c3ccccc3)cc2)c2c-4ccc3c2sc2cc4ccccc4cc23)c(-c2ccccc2)c1. The largest absolute Gasteiger partial charge is 0.466 e. The maximum absolute atomic E-state index is 7.86. The van der Waals surface area contributed by atoms with E-state index in [0.717, 1.165) is 46.5 Å². The Bertz CT molecular complexity index is 4370. The molecule has 0 radical (unpaired) electrons. The molecule has 0 atom stereocenters. The number of thiophene rings is 1. The zero-order valence-electron chi connectivity index (χ0n) is 44.8. The first-order valence-electron chi connectivity index (χ1n) is 27.5. The normalized spacial score (nSPS) is 15.2. The molecule has 1 aliphatic carbocycles. The molecule has 0 amide bonds. The number of furan rings is 1. The molecule has 0 fully saturated rings. The molecule has 10 aromatic carbocycles. The first kappa shape index (κ1) is 46.2. The lowest BCUT2D eigenvalue weighted by molar-refractivity contribution is 0.332. The molecule has 12 aromatic rings. The van der Waals surface area contributed by atoms with Crippen LogP contribution in [0.25, 0.3) is 86.4 Å². The second kappa shape index (κ2) is 16.7. The van der Waals surface area contributed by atoms with E-state index in [4.69, 9.17) is 4.42 Å². The Hall–Kier alpha value is -8.12. The zero-order valence-corrected chi connectivity index (χ0v) is 45.6. The quantitative estimate of drug-likeness (QED) is 0.160. The molecule has 15 rings (SSSR count). The third-order valence-electron chi connectivity index (χ3n) is 17.6. The molecule has 0 N–H and O–H groups in total. The minimum atomic E-state index is -0.333. The maximum Gasteiger partial charge on any atom is 0.375 e. The Balaban J connectivity index is 1.11. The van der Waals surface area contributed by atoms with Gasteiger partial charge in [-0.05, 0) is 156 Å². The molecule has 0 bridgehead atoms. The summed E-state index contributed by atoms with van der Waals surface area (Å²) in [5.74, 6) is 0. The Morgan fingerprint density at radius 1 is 0.481 bits per heavy atom. The Labute approximate surface area is 456 Å². The molecule has 77 heavy (non-hydrogen) atoms. The molecular weight excluding hydrogens is 952 g/mol. The summed E-state index contributed by atoms with van der Waals surface area (Å²) in [5.41, 5.74) is 22.5. The molecule has 0 saturated heterocycles. The summed E-state index contributed by atoms with van der Waals surface area (Å²) >= 11 is 1.92. The van der Waals surface area contributed by atoms with Gasteiger partial charge in [0, 0.05) is 43.4 Å². The van der Waals surface area contributed by atoms with Crippen LogP contribution in [-0.2, 0) is 16.2 Å². The number of hydrogen-bond acceptors (Lipinski definition) is 4. The topological polar surface area (TPSA) is 19.6 Å². The van der Waals surface area contributed by atoms with Crippen LogP contribution in [0, 0.1) is 0 Å². The van der Waals surface area contributed by atoms with Crippen molar-refractivity contribution in [3.05, 3.63) is 223 Å². The van der Waals surface area contributed by atoms with Crippen molar-refractivity contribution >= 4 is 99.7 Å². The van der Waals surface area contributed by atoms with E-state index in [0.29, 0.717) is 0 Å². The number of benzene rings is 10. The molecule has 2 aliphatic heterocycles. The highest BCUT2D eigenvalue weighted by atomic mass is 32.1. The van der Waals surface area contributed by atoms with Crippen LogP contribution in [0.3, 0.4) is 0 Å². The van der Waals surface area contributed by atoms with E-state index in [1.807, 2.05) is 11.3 Å². The number of rotatable bonds is 5. The average molecular weight is 1010 g/mol. The molecular formula is C72H59BN2OS. The average Bonchev–Trinajstić information content (AvgIpc) is 4.24. The Morgan fingerprint density at radius 2 is 1.09 bits per heavy atom. The van der Waals surface area contributed by atoms with Gasteiger partial charge in [0.15, 0.2) is 0 Å². The van der Waals surface area contributed by atoms with Gasteiger partial charge < -0.3 is 14.1 Å². The van der Waals surface area contributed by atoms with Crippen molar-refractivity contribution in [2.24, 2.45) is 0 Å². The highest BCUT2D eigenvalue weighted by molar-refractivity contribution is 7.26. The first-order valence-corrected chi connectivity index (χ1v) is 28.3. The van der Waals surface area contributed by atoms with Gasteiger partial charge in [-0.1, -0.05) is 194 Å². The number of fused-ring (bicyclic) bond motifs is 12. The predicted octanol–water partition coefficient (Wildman–Crippen LogP) is 19.3. The van der Waals surface area contributed by atoms with Crippen molar-refractivity contribution < 1.29 is 4.42 Å². The predicted molar refractivity (Wildman–Crippen MR) is 331 cm³/mol. The summed E-state index contributed by atoms with van der Waals surface area (Å²) in [7, 11) is 0. The summed E-state index contributed by atoms with van der Waals surface area (Å²) in [6, 6.07) is 77.8. The summed E-state index contributed by atoms with van der Waals surface area (Å²) in [6.45, 7) is 16.4. The smallest absolute Gasteiger partial charge is 0.375 e. The van der Waals surface area contributed by atoms with Gasteiger partial charge >= 0.3 is 6.85 Å². The van der Waals surface area contributed by atoms with Gasteiger partial charge in [0.25, 0.3) is 0 Å². The summed E-state index contributed by atoms with van der Waals surface area (Å²) < 4.78 is 10.4. The highest BCUT2D eigenvalue weighted by Gasteiger charge is 2.50. The highest BCUT2D eigenvalue weighted by Crippen LogP contribution is 2.56. The second-order valence-corrected chi connectivity index (χ2v) is 25.4. The van der Waals surface area contributed by atoms with Gasteiger partial charge in [-0.25, -0.2) is 0 Å². The van der Waals surface area contributed by atoms with Crippen molar-refractivity contribution in [1.29, 1.82) is 0 Å². The molecule has 3 aliphatic rings. The summed E-state index contributed by atoms with van der Waals surface area (Å²) in [4.78, 5) is 5.29. The molecule has 0 spiro atoms. The zero-order chi connectivity index (χ0) is 52.1. The van der Waals surface area contributed by atoms with Crippen LogP contribution in [-0.4, -0.2) is 6.85 Å². The number of anilines is 5. The van der Waals surface area contributed by atoms with Gasteiger partial charge in [0.05, 0.1) is 21.8 Å². The van der Waals surface area contributed by atoms with Crippen molar-refractivity contribution in [2.75, 3.05) is 9.71 Å². The van der Waals surface area contributed by atoms with Crippen molar-refractivity contribution in [3.63, 3.8) is 0 Å². The minimum absolute atomic E-state index is 0.0100. The molecule has 0 unspecified atom stereocenters. The van der Waals surface area contributed by atoms with Crippen LogP contribution >= 0.6 is 11.3 Å². The maximum atomic E-state index is 7.86. The van der Waals surface area contributed by atoms with E-state index in [1.54, 1.807) is 0 Å². The van der Waals surface area contributed by atoms with Gasteiger partial charge in [0.2, 0.25) is 0 Å². The van der Waals surface area contributed by atoms with E-state index in [1.165, 1.54) is 109 Å². The van der Waals surface area contributed by atoms with Crippen LogP contribution in [0.4, 0.5) is 28.4 Å². The third-order valence-corrected chi connectivity index (χ3v) is 18.8. The molecule has 4 heterocycles. The second-order valence-electron chi connectivity index (χ2n) is 24.3. The third kappa shape index (κ3) is 7.09. The molecule has 372 valence electrons. The molecule has 0 saturated carbocycles. The summed E-state index contributed by atoms with van der Waals surface area (Å²) in [5, 5.41) is 6.23. The first-order chi connectivity index (χ1) is 37.3. The van der Waals surface area contributed by atoms with E-state index < -0.39 is 0 Å². The van der Waals surface area contributed by atoms with Gasteiger partial charge in [0.1, 0.15) is 11.2 Å². The lowest BCUT2D eigenvalue weighted by Crippen LogP contribution is -2.61. The van der Waals surface area contributed by atoms with Crippen LogP contribution < -0.4 is 20.8 Å². The van der Waals surface area contributed by atoms with Crippen molar-refractivity contribution in [1.82, 2.24) is 0 Å². The summed E-state index contributed by atoms with van der Waals surface area (Å²) in [6.07, 6.45) is 2.24. The standard InChI is InChI=1S/C72H59BN2OS/c1-70(2,3)51-29-34-61(55(41-51)47-23-15-10-16-24-47)74-62-39-50(45-21-13-9-14-22-45)38-57-53-32-33-54-56-37-48-25-17-18-26-49(48)40-64(56)77-68(54)66(53)75(52-30-27-46(28-31-52)44-19-11-8-12-20-44)73(65(57)62)69-67(74)58-42-59-60(43-63(58)76-69)72(6,7)36-35-71(59,4)5/h8-34,37-43H,35-36H2,1-7H3. The van der Waals surface area contributed by atoms with Crippen molar-refractivity contribution in [2.45, 2.75) is 77.6 Å². The fraction of sp³-hybridized carbons (Fsp3) is 0.167. The van der Waals surface area contributed by atoms with Gasteiger partial charge in [-0.2, -0.15) is 0 Å². The van der Waals surface area contributed by atoms with Crippen molar-refractivity contribution in [3.8, 4) is 44.5 Å². The fourth-order valence-electron chi connectivity index (χ4n) is 13.3. The monoisotopic (exact) mass is 1010 g/mol.